The molecule has 7 heavy (non-hydrogen) atoms. The van der Waals surface area contributed by atoms with Gasteiger partial charge in [0.05, 0.1) is 12.2 Å². The Balaban J connectivity index is 0. The summed E-state index contributed by atoms with van der Waals surface area (Å²) in [5.74, 6) is -1.39. The van der Waals surface area contributed by atoms with E-state index in [1.54, 1.807) is 0 Å². The van der Waals surface area contributed by atoms with Crippen molar-refractivity contribution in [1.29, 1.82) is 0 Å². The topological polar surface area (TPSA) is 60.4 Å². The summed E-state index contributed by atoms with van der Waals surface area (Å²) in [6, 6.07) is 0. The number of hydrogen-bond acceptors (Lipinski definition) is 3. The van der Waals surface area contributed by atoms with Crippen molar-refractivity contribution >= 4 is 5.97 Å². The molecule has 1 N–H and O–H groups in total. The second-order valence-electron chi connectivity index (χ2n) is 0.635. The minimum absolute atomic E-state index is 0. The third-order valence-electron chi connectivity index (χ3n) is 0.211. The first kappa shape index (κ1) is 9.79. The van der Waals surface area contributed by atoms with Crippen LogP contribution in [0.5, 0.6) is 0 Å². The predicted molar refractivity (Wildman–Crippen MR) is 16.8 cm³/mol. The Bertz CT molecular complexity index is 78.2. The Labute approximate surface area is 52.8 Å². The molecule has 0 aliphatic rings. The SMILES string of the molecule is O=C([O-])C=CO.[Li+]. The zero-order valence-electron chi connectivity index (χ0n) is 3.92. The van der Waals surface area contributed by atoms with E-state index in [0.717, 1.165) is 0 Å². The van der Waals surface area contributed by atoms with Gasteiger partial charge >= 0.3 is 18.9 Å². The molecule has 0 heterocycles. The van der Waals surface area contributed by atoms with Crippen LogP contribution in [0.25, 0.3) is 0 Å². The monoisotopic (exact) mass is 94.0 g/mol. The van der Waals surface area contributed by atoms with Gasteiger partial charge in [-0.25, -0.2) is 0 Å². The summed E-state index contributed by atoms with van der Waals surface area (Å²) in [5.41, 5.74) is 0. The number of hydrogen-bond donors (Lipinski definition) is 1. The molecule has 0 radical (unpaired) electrons. The van der Waals surface area contributed by atoms with Crippen molar-refractivity contribution in [3.05, 3.63) is 12.3 Å². The van der Waals surface area contributed by atoms with Gasteiger partial charge in [0.1, 0.15) is 0 Å². The van der Waals surface area contributed by atoms with Crippen molar-refractivity contribution in [1.82, 2.24) is 0 Å². The zero-order valence-corrected chi connectivity index (χ0v) is 3.92. The van der Waals surface area contributed by atoms with E-state index >= 15 is 0 Å². The van der Waals surface area contributed by atoms with Gasteiger partial charge < -0.3 is 15.0 Å². The molecule has 0 aromatic heterocycles. The van der Waals surface area contributed by atoms with E-state index in [9.17, 15) is 9.90 Å². The maximum absolute atomic E-state index is 9.24. The van der Waals surface area contributed by atoms with Gasteiger partial charge in [0.2, 0.25) is 0 Å². The first-order chi connectivity index (χ1) is 2.77. The van der Waals surface area contributed by atoms with Crippen molar-refractivity contribution in [3.63, 3.8) is 0 Å². The van der Waals surface area contributed by atoms with E-state index < -0.39 is 5.97 Å². The number of rotatable bonds is 1. The molecule has 0 aromatic carbocycles. The minimum Gasteiger partial charge on any atom is -0.545 e. The molecular formula is C3H3LiO3. The summed E-state index contributed by atoms with van der Waals surface area (Å²) in [5, 5.41) is 16.9. The third kappa shape index (κ3) is 10.7. The number of carbonyl (C=O) groups excluding carboxylic acids is 1. The summed E-state index contributed by atoms with van der Waals surface area (Å²) in [6.45, 7) is 0. The van der Waals surface area contributed by atoms with Crippen LogP contribution in [0.15, 0.2) is 12.3 Å². The second-order valence-corrected chi connectivity index (χ2v) is 0.635. The Kier molecular flexibility index (Phi) is 7.84. The van der Waals surface area contributed by atoms with Gasteiger partial charge in [0.15, 0.2) is 0 Å². The number of aliphatic hydroxyl groups is 1. The fraction of sp³-hybridized carbons (Fsp3) is 0. The van der Waals surface area contributed by atoms with Crippen molar-refractivity contribution in [2.45, 2.75) is 0 Å². The zero-order chi connectivity index (χ0) is 4.99. The van der Waals surface area contributed by atoms with E-state index in [4.69, 9.17) is 5.11 Å². The first-order valence-corrected chi connectivity index (χ1v) is 1.29. The Hall–Kier alpha value is -0.393. The van der Waals surface area contributed by atoms with Crippen molar-refractivity contribution in [2.24, 2.45) is 0 Å². The number of carboxylic acid groups (broad SMARTS) is 1. The van der Waals surface area contributed by atoms with Crippen molar-refractivity contribution < 1.29 is 33.9 Å². The molecule has 0 unspecified atom stereocenters. The van der Waals surface area contributed by atoms with Crippen LogP contribution in [0.3, 0.4) is 0 Å². The molecule has 0 fully saturated rings. The molecule has 0 aliphatic heterocycles. The molecule has 34 valence electrons. The van der Waals surface area contributed by atoms with E-state index in [2.05, 4.69) is 0 Å². The number of carboxylic acids is 1. The fourth-order valence-corrected chi connectivity index (χ4v) is 0.0609. The van der Waals surface area contributed by atoms with Crippen LogP contribution in [0.2, 0.25) is 0 Å². The molecule has 0 bridgehead atoms. The predicted octanol–water partition coefficient (Wildman–Crippen LogP) is -4.19. The average molecular weight is 94.0 g/mol. The van der Waals surface area contributed by atoms with E-state index in [0.29, 0.717) is 12.3 Å². The molecule has 0 aliphatic carbocycles. The van der Waals surface area contributed by atoms with Gasteiger partial charge in [-0.1, -0.05) is 0 Å². The standard InChI is InChI=1S/C3H4O3.Li/c4-2-1-3(5)6;/h1-2,4H,(H,5,6);/q;+1/p-1. The van der Waals surface area contributed by atoms with E-state index in [1.165, 1.54) is 0 Å². The summed E-state index contributed by atoms with van der Waals surface area (Å²) >= 11 is 0. The van der Waals surface area contributed by atoms with Gasteiger partial charge in [-0.2, -0.15) is 0 Å². The summed E-state index contributed by atoms with van der Waals surface area (Å²) < 4.78 is 0. The van der Waals surface area contributed by atoms with Crippen LogP contribution in [0.4, 0.5) is 0 Å². The second kappa shape index (κ2) is 5.61. The summed E-state index contributed by atoms with van der Waals surface area (Å²) in [4.78, 5) is 9.24. The molecule has 0 saturated heterocycles. The van der Waals surface area contributed by atoms with Gasteiger partial charge in [0.25, 0.3) is 0 Å². The maximum atomic E-state index is 9.24. The molecule has 0 spiro atoms. The smallest absolute Gasteiger partial charge is 0.545 e. The van der Waals surface area contributed by atoms with Crippen LogP contribution in [-0.2, 0) is 4.79 Å². The number of aliphatic hydroxyl groups excluding tert-OH is 1. The van der Waals surface area contributed by atoms with Gasteiger partial charge in [-0.15, -0.1) is 0 Å². The molecule has 0 aromatic rings. The average Bonchev–Trinajstić information content (AvgIpc) is 1.35. The Morgan fingerprint density at radius 3 is 2.14 bits per heavy atom. The van der Waals surface area contributed by atoms with Gasteiger partial charge in [-0.05, 0) is 6.08 Å². The maximum Gasteiger partial charge on any atom is 1.00 e. The third-order valence-corrected chi connectivity index (χ3v) is 0.211. The summed E-state index contributed by atoms with van der Waals surface area (Å²) in [7, 11) is 0. The molecule has 0 amide bonds. The molecule has 4 heteroatoms. The Morgan fingerprint density at radius 1 is 1.71 bits per heavy atom. The van der Waals surface area contributed by atoms with Crippen LogP contribution >= 0.6 is 0 Å². The number of aliphatic carboxylic acids is 1. The molecule has 0 saturated carbocycles. The minimum atomic E-state index is -1.39. The largest absolute Gasteiger partial charge is 1.00 e. The van der Waals surface area contributed by atoms with Crippen LogP contribution in [0, 0.1) is 0 Å². The fourth-order valence-electron chi connectivity index (χ4n) is 0.0609. The van der Waals surface area contributed by atoms with Crippen LogP contribution < -0.4 is 24.0 Å². The van der Waals surface area contributed by atoms with Crippen molar-refractivity contribution in [2.75, 3.05) is 0 Å². The first-order valence-electron chi connectivity index (χ1n) is 1.29. The summed E-state index contributed by atoms with van der Waals surface area (Å²) in [6.07, 6.45) is 0.940. The normalized spacial score (nSPS) is 8.00. The van der Waals surface area contributed by atoms with Gasteiger partial charge in [-0.3, -0.25) is 0 Å². The van der Waals surface area contributed by atoms with Gasteiger partial charge in [0, 0.05) is 0 Å². The van der Waals surface area contributed by atoms with Crippen LogP contribution in [-0.4, -0.2) is 11.1 Å². The molecule has 0 rings (SSSR count). The molecule has 0 atom stereocenters. The number of carbonyl (C=O) groups is 1. The quantitative estimate of drug-likeness (QED) is 0.203. The Morgan fingerprint density at radius 2 is 2.14 bits per heavy atom. The van der Waals surface area contributed by atoms with E-state index in [-0.39, 0.29) is 18.9 Å². The molecule has 3 nitrogen and oxygen atoms in total. The van der Waals surface area contributed by atoms with Crippen LogP contribution in [0.1, 0.15) is 0 Å². The molecular weight excluding hydrogens is 91.0 g/mol. The van der Waals surface area contributed by atoms with Crippen molar-refractivity contribution in [3.8, 4) is 0 Å². The van der Waals surface area contributed by atoms with E-state index in [1.807, 2.05) is 0 Å².